The Kier molecular flexibility index (Phi) is 5.45. The zero-order chi connectivity index (χ0) is 14.4. The van der Waals surface area contributed by atoms with Crippen LogP contribution in [0.15, 0.2) is 42.5 Å². The Morgan fingerprint density at radius 1 is 1.00 bits per heavy atom. The number of aryl methyl sites for hydroxylation is 1. The zero-order valence-corrected chi connectivity index (χ0v) is 12.7. The number of benzene rings is 2. The lowest BCUT2D eigenvalue weighted by molar-refractivity contribution is 0.482. The molecule has 2 aromatic carbocycles. The third-order valence-corrected chi connectivity index (χ3v) is 3.43. The molecule has 0 atom stereocenters. The smallest absolute Gasteiger partial charge is 0.146 e. The summed E-state index contributed by atoms with van der Waals surface area (Å²) in [6, 6.07) is 14.0. The summed E-state index contributed by atoms with van der Waals surface area (Å²) < 4.78 is 5.82. The lowest BCUT2D eigenvalue weighted by Crippen LogP contribution is -2.11. The number of halogens is 1. The Bertz CT molecular complexity index is 551. The first-order chi connectivity index (χ1) is 9.72. The molecule has 2 rings (SSSR count). The lowest BCUT2D eigenvalue weighted by atomic mass is 10.2. The van der Waals surface area contributed by atoms with Crippen molar-refractivity contribution in [3.8, 4) is 11.5 Å². The van der Waals surface area contributed by atoms with Crippen molar-refractivity contribution in [2.24, 2.45) is 0 Å². The Hall–Kier alpha value is -1.51. The highest BCUT2D eigenvalue weighted by molar-refractivity contribution is 6.32. The second kappa shape index (κ2) is 7.32. The van der Waals surface area contributed by atoms with Crippen LogP contribution in [0.3, 0.4) is 0 Å². The quantitative estimate of drug-likeness (QED) is 0.824. The largest absolute Gasteiger partial charge is 0.456 e. The molecule has 0 spiro atoms. The number of hydrogen-bond acceptors (Lipinski definition) is 2. The van der Waals surface area contributed by atoms with Crippen molar-refractivity contribution in [1.29, 1.82) is 0 Å². The monoisotopic (exact) mass is 289 g/mol. The summed E-state index contributed by atoms with van der Waals surface area (Å²) in [6.07, 6.45) is 1.03. The molecule has 0 unspecified atom stereocenters. The summed E-state index contributed by atoms with van der Waals surface area (Å²) in [5, 5.41) is 3.91. The molecule has 2 aromatic rings. The average molecular weight is 290 g/mol. The van der Waals surface area contributed by atoms with Gasteiger partial charge in [-0.15, -0.1) is 0 Å². The van der Waals surface area contributed by atoms with E-state index >= 15 is 0 Å². The van der Waals surface area contributed by atoms with Crippen LogP contribution in [0.25, 0.3) is 0 Å². The minimum Gasteiger partial charge on any atom is -0.456 e. The van der Waals surface area contributed by atoms with Gasteiger partial charge in [0.05, 0.1) is 5.02 Å². The molecule has 0 aromatic heterocycles. The van der Waals surface area contributed by atoms with E-state index in [1.165, 1.54) is 5.56 Å². The van der Waals surface area contributed by atoms with E-state index in [0.29, 0.717) is 10.8 Å². The first kappa shape index (κ1) is 14.9. The molecule has 2 nitrogen and oxygen atoms in total. The molecule has 0 aliphatic rings. The van der Waals surface area contributed by atoms with Crippen LogP contribution in [0.5, 0.6) is 11.5 Å². The molecule has 0 saturated carbocycles. The van der Waals surface area contributed by atoms with Crippen LogP contribution in [0, 0.1) is 0 Å². The van der Waals surface area contributed by atoms with E-state index in [4.69, 9.17) is 16.3 Å². The van der Waals surface area contributed by atoms with Gasteiger partial charge in [-0.3, -0.25) is 0 Å². The molecule has 0 heterocycles. The van der Waals surface area contributed by atoms with E-state index in [0.717, 1.165) is 30.8 Å². The molecule has 3 heteroatoms. The number of ether oxygens (including phenoxy) is 1. The van der Waals surface area contributed by atoms with Crippen molar-refractivity contribution < 1.29 is 4.74 Å². The molecular formula is C17H20ClNO. The highest BCUT2D eigenvalue weighted by atomic mass is 35.5. The SMILES string of the molecule is CCNCc1ccc(Oc2ccc(CC)cc2)c(Cl)c1. The Morgan fingerprint density at radius 3 is 2.30 bits per heavy atom. The summed E-state index contributed by atoms with van der Waals surface area (Å²) >= 11 is 6.26. The molecule has 0 radical (unpaired) electrons. The summed E-state index contributed by atoms with van der Waals surface area (Å²) in [4.78, 5) is 0. The van der Waals surface area contributed by atoms with Crippen LogP contribution in [-0.2, 0) is 13.0 Å². The third-order valence-electron chi connectivity index (χ3n) is 3.13. The van der Waals surface area contributed by atoms with Gasteiger partial charge >= 0.3 is 0 Å². The van der Waals surface area contributed by atoms with Gasteiger partial charge in [-0.2, -0.15) is 0 Å². The molecule has 0 aliphatic carbocycles. The normalized spacial score (nSPS) is 10.6. The van der Waals surface area contributed by atoms with Crippen molar-refractivity contribution in [2.45, 2.75) is 26.8 Å². The van der Waals surface area contributed by atoms with Crippen molar-refractivity contribution in [2.75, 3.05) is 6.54 Å². The highest BCUT2D eigenvalue weighted by Crippen LogP contribution is 2.30. The maximum Gasteiger partial charge on any atom is 0.146 e. The van der Waals surface area contributed by atoms with Crippen LogP contribution >= 0.6 is 11.6 Å². The number of hydrogen-bond donors (Lipinski definition) is 1. The molecule has 106 valence electrons. The van der Waals surface area contributed by atoms with Crippen LogP contribution in [0.2, 0.25) is 5.02 Å². The van der Waals surface area contributed by atoms with Crippen LogP contribution in [0.4, 0.5) is 0 Å². The van der Waals surface area contributed by atoms with Gasteiger partial charge < -0.3 is 10.1 Å². The molecule has 0 fully saturated rings. The summed E-state index contributed by atoms with van der Waals surface area (Å²) in [6.45, 7) is 5.98. The van der Waals surface area contributed by atoms with Crippen LogP contribution in [-0.4, -0.2) is 6.54 Å². The first-order valence-electron chi connectivity index (χ1n) is 6.99. The minimum atomic E-state index is 0.639. The molecular weight excluding hydrogens is 270 g/mol. The average Bonchev–Trinajstić information content (AvgIpc) is 2.48. The highest BCUT2D eigenvalue weighted by Gasteiger charge is 2.04. The van der Waals surface area contributed by atoms with Crippen molar-refractivity contribution in [3.05, 3.63) is 58.6 Å². The van der Waals surface area contributed by atoms with Gasteiger partial charge in [0, 0.05) is 6.54 Å². The lowest BCUT2D eigenvalue weighted by Gasteiger charge is -2.10. The van der Waals surface area contributed by atoms with Gasteiger partial charge in [0.25, 0.3) is 0 Å². The van der Waals surface area contributed by atoms with Gasteiger partial charge in [-0.1, -0.05) is 43.6 Å². The second-order valence-corrected chi connectivity index (χ2v) is 5.05. The van der Waals surface area contributed by atoms with E-state index in [-0.39, 0.29) is 0 Å². The van der Waals surface area contributed by atoms with Gasteiger partial charge in [0.1, 0.15) is 11.5 Å². The fraction of sp³-hybridized carbons (Fsp3) is 0.294. The molecule has 1 N–H and O–H groups in total. The van der Waals surface area contributed by atoms with Gasteiger partial charge in [-0.25, -0.2) is 0 Å². The minimum absolute atomic E-state index is 0.639. The summed E-state index contributed by atoms with van der Waals surface area (Å²) in [5.74, 6) is 1.50. The molecule has 0 bridgehead atoms. The van der Waals surface area contributed by atoms with Gasteiger partial charge in [-0.05, 0) is 48.4 Å². The molecule has 0 saturated heterocycles. The maximum absolute atomic E-state index is 6.26. The molecule has 0 aliphatic heterocycles. The van der Waals surface area contributed by atoms with E-state index < -0.39 is 0 Å². The summed E-state index contributed by atoms with van der Waals surface area (Å²) in [5.41, 5.74) is 2.45. The Balaban J connectivity index is 2.08. The van der Waals surface area contributed by atoms with Gasteiger partial charge in [0.2, 0.25) is 0 Å². The Morgan fingerprint density at radius 2 is 1.70 bits per heavy atom. The zero-order valence-electron chi connectivity index (χ0n) is 11.9. The molecule has 0 amide bonds. The van der Waals surface area contributed by atoms with Crippen LogP contribution < -0.4 is 10.1 Å². The van der Waals surface area contributed by atoms with E-state index in [2.05, 4.69) is 31.3 Å². The van der Waals surface area contributed by atoms with Crippen molar-refractivity contribution >= 4 is 11.6 Å². The predicted octanol–water partition coefficient (Wildman–Crippen LogP) is 4.80. The van der Waals surface area contributed by atoms with E-state index in [1.54, 1.807) is 0 Å². The predicted molar refractivity (Wildman–Crippen MR) is 84.7 cm³/mol. The first-order valence-corrected chi connectivity index (χ1v) is 7.36. The topological polar surface area (TPSA) is 21.3 Å². The standard InChI is InChI=1S/C17H20ClNO/c1-3-13-5-8-15(9-6-13)20-17-10-7-14(11-16(17)18)12-19-4-2/h5-11,19H,3-4,12H2,1-2H3. The maximum atomic E-state index is 6.26. The van der Waals surface area contributed by atoms with Crippen molar-refractivity contribution in [1.82, 2.24) is 5.32 Å². The number of nitrogens with one attached hydrogen (secondary N) is 1. The van der Waals surface area contributed by atoms with E-state index in [1.807, 2.05) is 30.3 Å². The fourth-order valence-corrected chi connectivity index (χ4v) is 2.17. The molecule has 20 heavy (non-hydrogen) atoms. The number of rotatable bonds is 6. The van der Waals surface area contributed by atoms with E-state index in [9.17, 15) is 0 Å². The summed E-state index contributed by atoms with van der Waals surface area (Å²) in [7, 11) is 0. The fourth-order valence-electron chi connectivity index (χ4n) is 1.93. The van der Waals surface area contributed by atoms with Crippen LogP contribution in [0.1, 0.15) is 25.0 Å². The van der Waals surface area contributed by atoms with Crippen molar-refractivity contribution in [3.63, 3.8) is 0 Å². The Labute approximate surface area is 125 Å². The second-order valence-electron chi connectivity index (χ2n) is 4.64. The van der Waals surface area contributed by atoms with Gasteiger partial charge in [0.15, 0.2) is 0 Å². The third kappa shape index (κ3) is 3.99.